The van der Waals surface area contributed by atoms with Crippen LogP contribution in [-0.4, -0.2) is 12.5 Å². The van der Waals surface area contributed by atoms with Crippen molar-refractivity contribution in [1.29, 1.82) is 0 Å². The fourth-order valence-corrected chi connectivity index (χ4v) is 2.70. The van der Waals surface area contributed by atoms with Gasteiger partial charge in [0.25, 0.3) is 5.91 Å². The van der Waals surface area contributed by atoms with Crippen molar-refractivity contribution < 1.29 is 4.79 Å². The van der Waals surface area contributed by atoms with Gasteiger partial charge < -0.3 is 4.90 Å². The number of carbonyl (C=O) groups excluding carboxylic acids is 1. The van der Waals surface area contributed by atoms with E-state index in [2.05, 4.69) is 25.1 Å². The molecule has 1 heterocycles. The highest BCUT2D eigenvalue weighted by Crippen LogP contribution is 2.26. The molecule has 2 aromatic carbocycles. The highest BCUT2D eigenvalue weighted by Gasteiger charge is 2.20. The first-order valence-electron chi connectivity index (χ1n) is 7.38. The second-order valence-electron chi connectivity index (χ2n) is 5.47. The van der Waals surface area contributed by atoms with Crippen molar-refractivity contribution in [3.05, 3.63) is 71.3 Å². The van der Waals surface area contributed by atoms with Crippen molar-refractivity contribution in [3.8, 4) is 0 Å². The zero-order chi connectivity index (χ0) is 14.7. The molecule has 2 aromatic rings. The minimum absolute atomic E-state index is 0.0581. The summed E-state index contributed by atoms with van der Waals surface area (Å²) in [6.45, 7) is 2.86. The molecule has 0 fully saturated rings. The predicted molar refractivity (Wildman–Crippen MR) is 87.3 cm³/mol. The van der Waals surface area contributed by atoms with Gasteiger partial charge in [-0.2, -0.15) is 0 Å². The van der Waals surface area contributed by atoms with Crippen LogP contribution in [0.5, 0.6) is 0 Å². The lowest BCUT2D eigenvalue weighted by molar-refractivity contribution is -0.114. The maximum Gasteiger partial charge on any atom is 0.250 e. The van der Waals surface area contributed by atoms with E-state index in [1.165, 1.54) is 11.1 Å². The van der Waals surface area contributed by atoms with Crippen LogP contribution in [0, 0.1) is 6.92 Å². The van der Waals surface area contributed by atoms with E-state index >= 15 is 0 Å². The van der Waals surface area contributed by atoms with Crippen molar-refractivity contribution in [2.24, 2.45) is 0 Å². The zero-order valence-corrected chi connectivity index (χ0v) is 12.3. The van der Waals surface area contributed by atoms with Gasteiger partial charge in [0.2, 0.25) is 0 Å². The van der Waals surface area contributed by atoms with Crippen molar-refractivity contribution in [2.75, 3.05) is 11.4 Å². The third kappa shape index (κ3) is 3.05. The van der Waals surface area contributed by atoms with Crippen LogP contribution >= 0.6 is 0 Å². The average molecular weight is 277 g/mol. The van der Waals surface area contributed by atoms with Crippen LogP contribution in [-0.2, 0) is 11.2 Å². The summed E-state index contributed by atoms with van der Waals surface area (Å²) in [6, 6.07) is 16.3. The molecule has 2 nitrogen and oxygen atoms in total. The number of fused-ring (bicyclic) bond motifs is 1. The van der Waals surface area contributed by atoms with Crippen LogP contribution in [0.1, 0.15) is 23.1 Å². The molecule has 0 bridgehead atoms. The number of anilines is 1. The Morgan fingerprint density at radius 1 is 1.10 bits per heavy atom. The molecule has 0 unspecified atom stereocenters. The first kappa shape index (κ1) is 13.6. The molecule has 1 amide bonds. The summed E-state index contributed by atoms with van der Waals surface area (Å²) in [7, 11) is 0. The van der Waals surface area contributed by atoms with Gasteiger partial charge in [0, 0.05) is 18.3 Å². The van der Waals surface area contributed by atoms with Crippen molar-refractivity contribution in [1.82, 2.24) is 0 Å². The molecule has 0 N–H and O–H groups in total. The predicted octanol–water partition coefficient (Wildman–Crippen LogP) is 3.99. The number of aryl methyl sites for hydroxylation is 2. The molecule has 1 aliphatic rings. The van der Waals surface area contributed by atoms with Crippen LogP contribution in [0.15, 0.2) is 54.6 Å². The van der Waals surface area contributed by atoms with E-state index in [-0.39, 0.29) is 5.91 Å². The van der Waals surface area contributed by atoms with Crippen molar-refractivity contribution >= 4 is 17.7 Å². The van der Waals surface area contributed by atoms with E-state index < -0.39 is 0 Å². The monoisotopic (exact) mass is 277 g/mol. The van der Waals surface area contributed by atoms with Crippen LogP contribution in [0.25, 0.3) is 6.08 Å². The molecular weight excluding hydrogens is 258 g/mol. The molecule has 0 radical (unpaired) electrons. The van der Waals surface area contributed by atoms with Gasteiger partial charge >= 0.3 is 0 Å². The first-order chi connectivity index (χ1) is 10.2. The molecule has 3 rings (SSSR count). The molecule has 0 atom stereocenters. The van der Waals surface area contributed by atoms with Crippen molar-refractivity contribution in [3.63, 3.8) is 0 Å². The highest BCUT2D eigenvalue weighted by atomic mass is 16.2. The van der Waals surface area contributed by atoms with Gasteiger partial charge in [-0.05, 0) is 43.0 Å². The van der Waals surface area contributed by atoms with Crippen molar-refractivity contribution in [2.45, 2.75) is 19.8 Å². The van der Waals surface area contributed by atoms with Crippen LogP contribution in [0.3, 0.4) is 0 Å². The molecular formula is C19H19NO. The zero-order valence-electron chi connectivity index (χ0n) is 12.3. The van der Waals surface area contributed by atoms with Crippen LogP contribution in [0.4, 0.5) is 5.69 Å². The van der Waals surface area contributed by atoms with E-state index in [4.69, 9.17) is 0 Å². The fourth-order valence-electron chi connectivity index (χ4n) is 2.70. The first-order valence-corrected chi connectivity index (χ1v) is 7.38. The Morgan fingerprint density at radius 2 is 1.86 bits per heavy atom. The van der Waals surface area contributed by atoms with E-state index in [9.17, 15) is 4.79 Å². The largest absolute Gasteiger partial charge is 0.309 e. The average Bonchev–Trinajstić information content (AvgIpc) is 2.53. The molecule has 0 saturated heterocycles. The van der Waals surface area contributed by atoms with Crippen LogP contribution < -0.4 is 4.90 Å². The van der Waals surface area contributed by atoms with Crippen LogP contribution in [0.2, 0.25) is 0 Å². The number of hydrogen-bond donors (Lipinski definition) is 0. The lowest BCUT2D eigenvalue weighted by Crippen LogP contribution is -2.34. The Morgan fingerprint density at radius 3 is 2.67 bits per heavy atom. The Labute approximate surface area is 125 Å². The second kappa shape index (κ2) is 5.96. The van der Waals surface area contributed by atoms with Gasteiger partial charge in [-0.1, -0.05) is 48.0 Å². The summed E-state index contributed by atoms with van der Waals surface area (Å²) < 4.78 is 0. The molecule has 2 heteroatoms. The maximum atomic E-state index is 12.4. The summed E-state index contributed by atoms with van der Waals surface area (Å²) in [4.78, 5) is 14.3. The standard InChI is InChI=1S/C19H19NO/c1-15-8-10-16(11-9-15)12-13-19(21)20-14-4-6-17-5-2-3-7-18(17)20/h2-3,5,7-13H,4,6,14H2,1H3/b13-12+. The van der Waals surface area contributed by atoms with E-state index in [1.54, 1.807) is 6.08 Å². The van der Waals surface area contributed by atoms with Gasteiger partial charge in [0.15, 0.2) is 0 Å². The van der Waals surface area contributed by atoms with Gasteiger partial charge in [-0.3, -0.25) is 4.79 Å². The lowest BCUT2D eigenvalue weighted by Gasteiger charge is -2.28. The molecule has 0 aromatic heterocycles. The fraction of sp³-hybridized carbons (Fsp3) is 0.211. The molecule has 0 spiro atoms. The third-order valence-corrected chi connectivity index (χ3v) is 3.87. The van der Waals surface area contributed by atoms with E-state index in [1.807, 2.05) is 41.3 Å². The van der Waals surface area contributed by atoms with Gasteiger partial charge in [-0.15, -0.1) is 0 Å². The molecule has 1 aliphatic heterocycles. The van der Waals surface area contributed by atoms with Gasteiger partial charge in [-0.25, -0.2) is 0 Å². The normalized spacial score (nSPS) is 14.2. The summed E-state index contributed by atoms with van der Waals surface area (Å²) >= 11 is 0. The minimum atomic E-state index is 0.0581. The Balaban J connectivity index is 1.79. The number of para-hydroxylation sites is 1. The second-order valence-corrected chi connectivity index (χ2v) is 5.47. The quantitative estimate of drug-likeness (QED) is 0.760. The number of benzene rings is 2. The summed E-state index contributed by atoms with van der Waals surface area (Å²) in [5.74, 6) is 0.0581. The van der Waals surface area contributed by atoms with E-state index in [0.29, 0.717) is 0 Å². The Kier molecular flexibility index (Phi) is 3.87. The number of hydrogen-bond acceptors (Lipinski definition) is 1. The highest BCUT2D eigenvalue weighted by molar-refractivity contribution is 6.04. The number of nitrogens with zero attached hydrogens (tertiary/aromatic N) is 1. The third-order valence-electron chi connectivity index (χ3n) is 3.87. The summed E-state index contributed by atoms with van der Waals surface area (Å²) in [5, 5.41) is 0. The molecule has 0 aliphatic carbocycles. The number of amides is 1. The van der Waals surface area contributed by atoms with Gasteiger partial charge in [0.1, 0.15) is 0 Å². The molecule has 21 heavy (non-hydrogen) atoms. The van der Waals surface area contributed by atoms with E-state index in [0.717, 1.165) is 30.6 Å². The topological polar surface area (TPSA) is 20.3 Å². The maximum absolute atomic E-state index is 12.4. The Bertz CT molecular complexity index is 670. The summed E-state index contributed by atoms with van der Waals surface area (Å²) in [6.07, 6.45) is 5.65. The number of carbonyl (C=O) groups is 1. The lowest BCUT2D eigenvalue weighted by atomic mass is 10.0. The minimum Gasteiger partial charge on any atom is -0.309 e. The summed E-state index contributed by atoms with van der Waals surface area (Å²) in [5.41, 5.74) is 4.60. The van der Waals surface area contributed by atoms with Gasteiger partial charge in [0.05, 0.1) is 0 Å². The SMILES string of the molecule is Cc1ccc(/C=C/C(=O)N2CCCc3ccccc32)cc1. The molecule has 106 valence electrons. The smallest absolute Gasteiger partial charge is 0.250 e. The number of rotatable bonds is 2. The Hall–Kier alpha value is -2.35. The molecule has 0 saturated carbocycles.